The highest BCUT2D eigenvalue weighted by Crippen LogP contribution is 2.37. The summed E-state index contributed by atoms with van der Waals surface area (Å²) in [5, 5.41) is 3.56. The van der Waals surface area contributed by atoms with Crippen LogP contribution >= 0.6 is 11.3 Å². The summed E-state index contributed by atoms with van der Waals surface area (Å²) in [6.45, 7) is 1.67. The summed E-state index contributed by atoms with van der Waals surface area (Å²) in [6.07, 6.45) is 0. The number of hydrogen-bond acceptors (Lipinski definition) is 5. The maximum absolute atomic E-state index is 14.1. The molecular weight excluding hydrogens is 422 g/mol. The molecule has 0 unspecified atom stereocenters. The molecule has 0 fully saturated rings. The normalized spacial score (nSPS) is 10.9. The number of pyridine rings is 1. The SMILES string of the molecule is CCOC(=O)c1sc2c(ccc(=O)n2-c2ccccc2)c1NCc1c(F)cccc1F. The predicted octanol–water partition coefficient (Wildman–Crippen LogP) is 5.12. The predicted molar refractivity (Wildman–Crippen MR) is 117 cm³/mol. The number of halogens is 2. The number of para-hydroxylation sites is 1. The third-order valence-electron chi connectivity index (χ3n) is 4.72. The van der Waals surface area contributed by atoms with Crippen LogP contribution in [-0.2, 0) is 11.3 Å². The summed E-state index contributed by atoms with van der Waals surface area (Å²) in [6, 6.07) is 15.6. The Morgan fingerprint density at radius 1 is 1.03 bits per heavy atom. The average Bonchev–Trinajstić information content (AvgIpc) is 3.12. The Morgan fingerprint density at radius 2 is 1.74 bits per heavy atom. The molecule has 4 rings (SSSR count). The highest BCUT2D eigenvalue weighted by atomic mass is 32.1. The molecule has 0 saturated carbocycles. The molecule has 0 spiro atoms. The first-order valence-electron chi connectivity index (χ1n) is 9.59. The van der Waals surface area contributed by atoms with Crippen LogP contribution in [-0.4, -0.2) is 17.1 Å². The smallest absolute Gasteiger partial charge is 0.350 e. The number of carbonyl (C=O) groups is 1. The monoisotopic (exact) mass is 440 g/mol. The molecule has 0 amide bonds. The Kier molecular flexibility index (Phi) is 5.81. The summed E-state index contributed by atoms with van der Waals surface area (Å²) in [5.74, 6) is -1.95. The van der Waals surface area contributed by atoms with Crippen molar-refractivity contribution in [1.82, 2.24) is 4.57 Å². The molecule has 2 heterocycles. The highest BCUT2D eigenvalue weighted by molar-refractivity contribution is 7.21. The summed E-state index contributed by atoms with van der Waals surface area (Å²) in [4.78, 5) is 26.0. The first-order valence-corrected chi connectivity index (χ1v) is 10.4. The van der Waals surface area contributed by atoms with E-state index in [-0.39, 0.29) is 29.2 Å². The fourth-order valence-corrected chi connectivity index (χ4v) is 4.48. The van der Waals surface area contributed by atoms with Gasteiger partial charge in [-0.25, -0.2) is 13.6 Å². The van der Waals surface area contributed by atoms with Crippen molar-refractivity contribution in [1.29, 1.82) is 0 Å². The summed E-state index contributed by atoms with van der Waals surface area (Å²) in [5.41, 5.74) is 0.599. The lowest BCUT2D eigenvalue weighted by atomic mass is 10.2. The van der Waals surface area contributed by atoms with Crippen LogP contribution in [0.4, 0.5) is 14.5 Å². The van der Waals surface area contributed by atoms with Gasteiger partial charge in [-0.05, 0) is 37.3 Å². The number of nitrogens with zero attached hydrogens (tertiary/aromatic N) is 1. The zero-order valence-corrected chi connectivity index (χ0v) is 17.3. The Labute approximate surface area is 180 Å². The van der Waals surface area contributed by atoms with Crippen LogP contribution in [0.3, 0.4) is 0 Å². The van der Waals surface area contributed by atoms with Crippen molar-refractivity contribution in [2.24, 2.45) is 0 Å². The Morgan fingerprint density at radius 3 is 2.42 bits per heavy atom. The number of nitrogens with one attached hydrogen (secondary N) is 1. The molecule has 2 aromatic carbocycles. The number of carbonyl (C=O) groups excluding carboxylic acids is 1. The van der Waals surface area contributed by atoms with Crippen LogP contribution in [0, 0.1) is 11.6 Å². The van der Waals surface area contributed by atoms with E-state index in [2.05, 4.69) is 5.32 Å². The molecular formula is C23H18F2N2O3S. The third-order valence-corrected chi connectivity index (χ3v) is 5.89. The maximum atomic E-state index is 14.1. The highest BCUT2D eigenvalue weighted by Gasteiger charge is 2.23. The number of benzene rings is 2. The molecule has 0 radical (unpaired) electrons. The molecule has 1 N–H and O–H groups in total. The van der Waals surface area contributed by atoms with E-state index in [9.17, 15) is 18.4 Å². The standard InChI is InChI=1S/C23H18F2N2O3S/c1-2-30-23(29)21-20(26-13-16-17(24)9-6-10-18(16)25)15-11-12-19(28)27(22(15)31-21)14-7-4-3-5-8-14/h3-12,26H,2,13H2,1H3. The molecule has 0 atom stereocenters. The Bertz CT molecular complexity index is 1300. The van der Waals surface area contributed by atoms with Crippen LogP contribution < -0.4 is 10.9 Å². The number of rotatable bonds is 6. The fourth-order valence-electron chi connectivity index (χ4n) is 3.30. The molecule has 4 aromatic rings. The number of fused-ring (bicyclic) bond motifs is 1. The van der Waals surface area contributed by atoms with E-state index in [0.717, 1.165) is 11.3 Å². The molecule has 0 aliphatic carbocycles. The maximum Gasteiger partial charge on any atom is 0.350 e. The van der Waals surface area contributed by atoms with Gasteiger partial charge in [0.25, 0.3) is 5.56 Å². The Hall–Kier alpha value is -3.52. The minimum atomic E-state index is -0.689. The summed E-state index contributed by atoms with van der Waals surface area (Å²) in [7, 11) is 0. The first kappa shape index (κ1) is 20.7. The van der Waals surface area contributed by atoms with Gasteiger partial charge in [-0.2, -0.15) is 0 Å². The van der Waals surface area contributed by atoms with Gasteiger partial charge in [-0.3, -0.25) is 9.36 Å². The van der Waals surface area contributed by atoms with Gasteiger partial charge < -0.3 is 10.1 Å². The minimum Gasteiger partial charge on any atom is -0.462 e. The van der Waals surface area contributed by atoms with Gasteiger partial charge in [-0.15, -0.1) is 11.3 Å². The van der Waals surface area contributed by atoms with Gasteiger partial charge in [0, 0.05) is 23.6 Å². The number of ether oxygens (including phenoxy) is 1. The largest absolute Gasteiger partial charge is 0.462 e. The summed E-state index contributed by atoms with van der Waals surface area (Å²) < 4.78 is 34.9. The van der Waals surface area contributed by atoms with E-state index in [4.69, 9.17) is 4.74 Å². The number of esters is 1. The molecule has 158 valence electrons. The van der Waals surface area contributed by atoms with Crippen LogP contribution in [0.2, 0.25) is 0 Å². The van der Waals surface area contributed by atoms with E-state index < -0.39 is 17.6 Å². The van der Waals surface area contributed by atoms with E-state index in [1.807, 2.05) is 6.07 Å². The Balaban J connectivity index is 1.87. The molecule has 31 heavy (non-hydrogen) atoms. The van der Waals surface area contributed by atoms with Gasteiger partial charge in [0.1, 0.15) is 21.3 Å². The second-order valence-corrected chi connectivity index (χ2v) is 7.64. The van der Waals surface area contributed by atoms with E-state index in [1.165, 1.54) is 28.8 Å². The molecule has 0 aliphatic rings. The van der Waals surface area contributed by atoms with Crippen LogP contribution in [0.25, 0.3) is 15.9 Å². The van der Waals surface area contributed by atoms with Crippen LogP contribution in [0.1, 0.15) is 22.2 Å². The number of anilines is 1. The van der Waals surface area contributed by atoms with Crippen molar-refractivity contribution in [2.45, 2.75) is 13.5 Å². The molecule has 0 aliphatic heterocycles. The minimum absolute atomic E-state index is 0.145. The van der Waals surface area contributed by atoms with Crippen molar-refractivity contribution >= 4 is 33.2 Å². The first-order chi connectivity index (χ1) is 15.0. The van der Waals surface area contributed by atoms with E-state index in [1.54, 1.807) is 37.3 Å². The lowest BCUT2D eigenvalue weighted by molar-refractivity contribution is 0.0533. The number of hydrogen-bond donors (Lipinski definition) is 1. The van der Waals surface area contributed by atoms with Crippen molar-refractivity contribution < 1.29 is 18.3 Å². The van der Waals surface area contributed by atoms with E-state index >= 15 is 0 Å². The lowest BCUT2D eigenvalue weighted by Crippen LogP contribution is -2.16. The van der Waals surface area contributed by atoms with Gasteiger partial charge in [0.05, 0.1) is 18.0 Å². The van der Waals surface area contributed by atoms with Crippen LogP contribution in [0.5, 0.6) is 0 Å². The van der Waals surface area contributed by atoms with Gasteiger partial charge in [-0.1, -0.05) is 24.3 Å². The lowest BCUT2D eigenvalue weighted by Gasteiger charge is -2.10. The molecule has 5 nitrogen and oxygen atoms in total. The van der Waals surface area contributed by atoms with Crippen molar-refractivity contribution in [2.75, 3.05) is 11.9 Å². The number of thiophene rings is 1. The molecule has 8 heteroatoms. The average molecular weight is 440 g/mol. The van der Waals surface area contributed by atoms with Gasteiger partial charge >= 0.3 is 5.97 Å². The van der Waals surface area contributed by atoms with Gasteiger partial charge in [0.15, 0.2) is 0 Å². The van der Waals surface area contributed by atoms with E-state index in [0.29, 0.717) is 21.6 Å². The molecule has 0 saturated heterocycles. The quantitative estimate of drug-likeness (QED) is 0.423. The van der Waals surface area contributed by atoms with Crippen molar-refractivity contribution in [3.63, 3.8) is 0 Å². The topological polar surface area (TPSA) is 60.3 Å². The zero-order valence-electron chi connectivity index (χ0n) is 16.5. The number of aromatic nitrogens is 1. The third kappa shape index (κ3) is 3.94. The van der Waals surface area contributed by atoms with Crippen molar-refractivity contribution in [3.05, 3.63) is 93.1 Å². The molecule has 0 bridgehead atoms. The zero-order chi connectivity index (χ0) is 22.0. The van der Waals surface area contributed by atoms with Crippen molar-refractivity contribution in [3.8, 4) is 5.69 Å². The second-order valence-electron chi connectivity index (χ2n) is 6.64. The van der Waals surface area contributed by atoms with Crippen LogP contribution in [0.15, 0.2) is 65.5 Å². The van der Waals surface area contributed by atoms with Gasteiger partial charge in [0.2, 0.25) is 0 Å². The summed E-state index contributed by atoms with van der Waals surface area (Å²) >= 11 is 1.09. The fraction of sp³-hybridized carbons (Fsp3) is 0.130. The second kappa shape index (κ2) is 8.69. The molecule has 2 aromatic heterocycles.